The number of hydrogen-bond acceptors (Lipinski definition) is 2. The van der Waals surface area contributed by atoms with Gasteiger partial charge in [-0.15, -0.1) is 0 Å². The Kier molecular flexibility index (Phi) is 5.77. The zero-order valence-corrected chi connectivity index (χ0v) is 11.7. The van der Waals surface area contributed by atoms with Gasteiger partial charge in [0.05, 0.1) is 0 Å². The molecule has 1 saturated carbocycles. The molecule has 1 unspecified atom stereocenters. The minimum absolute atomic E-state index is 0.445. The maximum atomic E-state index is 3.74. The number of rotatable bonds is 7. The van der Waals surface area contributed by atoms with Crippen molar-refractivity contribution in [1.29, 1.82) is 0 Å². The van der Waals surface area contributed by atoms with Gasteiger partial charge in [0, 0.05) is 18.1 Å². The van der Waals surface area contributed by atoms with Crippen molar-refractivity contribution in [3.63, 3.8) is 0 Å². The van der Waals surface area contributed by atoms with Gasteiger partial charge in [-0.05, 0) is 40.3 Å². The van der Waals surface area contributed by atoms with Crippen LogP contribution in [0.25, 0.3) is 0 Å². The van der Waals surface area contributed by atoms with E-state index in [4.69, 9.17) is 0 Å². The molecule has 2 nitrogen and oxygen atoms in total. The lowest BCUT2D eigenvalue weighted by Crippen LogP contribution is -2.51. The third-order valence-electron chi connectivity index (χ3n) is 4.25. The summed E-state index contributed by atoms with van der Waals surface area (Å²) in [6.45, 7) is 5.77. The molecular formula is C14H30N2. The normalized spacial score (nSPS) is 21.6. The highest BCUT2D eigenvalue weighted by Gasteiger charge is 2.35. The van der Waals surface area contributed by atoms with Crippen LogP contribution in [0.5, 0.6) is 0 Å². The van der Waals surface area contributed by atoms with Crippen LogP contribution in [0, 0.1) is 0 Å². The van der Waals surface area contributed by atoms with Gasteiger partial charge in [0.1, 0.15) is 0 Å². The monoisotopic (exact) mass is 226 g/mol. The van der Waals surface area contributed by atoms with E-state index in [-0.39, 0.29) is 0 Å². The Bertz CT molecular complexity index is 183. The van der Waals surface area contributed by atoms with Crippen LogP contribution in [0.2, 0.25) is 0 Å². The lowest BCUT2D eigenvalue weighted by Gasteiger charge is -2.37. The van der Waals surface area contributed by atoms with Crippen LogP contribution >= 0.6 is 0 Å². The van der Waals surface area contributed by atoms with E-state index in [1.807, 2.05) is 0 Å². The van der Waals surface area contributed by atoms with Crippen LogP contribution in [0.1, 0.15) is 58.8 Å². The summed E-state index contributed by atoms with van der Waals surface area (Å²) < 4.78 is 0. The number of unbranched alkanes of at least 4 members (excludes halogenated alkanes) is 1. The van der Waals surface area contributed by atoms with Gasteiger partial charge >= 0.3 is 0 Å². The Morgan fingerprint density at radius 3 is 2.38 bits per heavy atom. The first-order chi connectivity index (χ1) is 7.60. The Balaban J connectivity index is 2.33. The summed E-state index contributed by atoms with van der Waals surface area (Å²) in [6, 6.07) is 0.678. The Labute approximate surface area is 102 Å². The third kappa shape index (κ3) is 3.74. The fourth-order valence-electron chi connectivity index (χ4n) is 2.79. The predicted octanol–water partition coefficient (Wildman–Crippen LogP) is 3.03. The second kappa shape index (κ2) is 6.61. The van der Waals surface area contributed by atoms with Crippen molar-refractivity contribution in [3.05, 3.63) is 0 Å². The van der Waals surface area contributed by atoms with Gasteiger partial charge in [0.15, 0.2) is 0 Å². The average Bonchev–Trinajstić information content (AvgIpc) is 2.73. The maximum absolute atomic E-state index is 3.74. The molecule has 1 rings (SSSR count). The van der Waals surface area contributed by atoms with Gasteiger partial charge < -0.3 is 10.2 Å². The number of nitrogens with one attached hydrogen (secondary N) is 1. The van der Waals surface area contributed by atoms with Crippen molar-refractivity contribution in [3.8, 4) is 0 Å². The first-order valence-corrected chi connectivity index (χ1v) is 7.01. The van der Waals surface area contributed by atoms with E-state index < -0.39 is 0 Å². The van der Waals surface area contributed by atoms with E-state index in [0.717, 1.165) is 0 Å². The molecule has 1 aliphatic rings. The number of likely N-dealkylation sites (N-methyl/N-ethyl adjacent to an activating group) is 1. The van der Waals surface area contributed by atoms with E-state index in [9.17, 15) is 0 Å². The molecular weight excluding hydrogens is 196 g/mol. The minimum Gasteiger partial charge on any atom is -0.312 e. The summed E-state index contributed by atoms with van der Waals surface area (Å²) in [5.41, 5.74) is 0.445. The molecule has 0 heterocycles. The summed E-state index contributed by atoms with van der Waals surface area (Å²) in [5, 5.41) is 3.74. The maximum Gasteiger partial charge on any atom is 0.0327 e. The molecule has 0 spiro atoms. The zero-order valence-electron chi connectivity index (χ0n) is 11.7. The van der Waals surface area contributed by atoms with E-state index in [0.29, 0.717) is 11.6 Å². The second-order valence-electron chi connectivity index (χ2n) is 5.75. The predicted molar refractivity (Wildman–Crippen MR) is 71.9 cm³/mol. The highest BCUT2D eigenvalue weighted by Crippen LogP contribution is 2.33. The van der Waals surface area contributed by atoms with Crippen molar-refractivity contribution in [2.75, 3.05) is 20.6 Å². The molecule has 0 aliphatic heterocycles. The van der Waals surface area contributed by atoms with E-state index in [1.165, 1.54) is 51.5 Å². The first kappa shape index (κ1) is 14.0. The summed E-state index contributed by atoms with van der Waals surface area (Å²) in [4.78, 5) is 2.44. The Hall–Kier alpha value is -0.0800. The molecule has 1 aliphatic carbocycles. The molecule has 0 saturated heterocycles. The topological polar surface area (TPSA) is 15.3 Å². The Morgan fingerprint density at radius 1 is 1.25 bits per heavy atom. The molecule has 0 aromatic carbocycles. The smallest absolute Gasteiger partial charge is 0.0327 e. The molecule has 0 aromatic rings. The molecule has 1 N–H and O–H groups in total. The third-order valence-corrected chi connectivity index (χ3v) is 4.25. The van der Waals surface area contributed by atoms with Gasteiger partial charge in [0.25, 0.3) is 0 Å². The number of nitrogens with zero attached hydrogens (tertiary/aromatic N) is 1. The van der Waals surface area contributed by atoms with Crippen molar-refractivity contribution >= 4 is 0 Å². The molecule has 0 aromatic heterocycles. The number of hydrogen-bond donors (Lipinski definition) is 1. The van der Waals surface area contributed by atoms with Crippen molar-refractivity contribution in [2.24, 2.45) is 0 Å². The van der Waals surface area contributed by atoms with Gasteiger partial charge in [-0.1, -0.05) is 32.6 Å². The van der Waals surface area contributed by atoms with Crippen LogP contribution in [-0.2, 0) is 0 Å². The molecule has 0 amide bonds. The Morgan fingerprint density at radius 2 is 1.88 bits per heavy atom. The van der Waals surface area contributed by atoms with Crippen molar-refractivity contribution in [1.82, 2.24) is 10.2 Å². The molecule has 0 bridgehead atoms. The summed E-state index contributed by atoms with van der Waals surface area (Å²) >= 11 is 0. The summed E-state index contributed by atoms with van der Waals surface area (Å²) in [6.07, 6.45) is 9.53. The minimum atomic E-state index is 0.445. The quantitative estimate of drug-likeness (QED) is 0.718. The molecule has 16 heavy (non-hydrogen) atoms. The highest BCUT2D eigenvalue weighted by molar-refractivity contribution is 4.94. The fraction of sp³-hybridized carbons (Fsp3) is 1.00. The summed E-state index contributed by atoms with van der Waals surface area (Å²) in [5.74, 6) is 0. The SMILES string of the molecule is CCCCC(C)NCC1(N(C)C)CCCC1. The van der Waals surface area contributed by atoms with Crippen LogP contribution < -0.4 is 5.32 Å². The molecule has 1 atom stereocenters. The van der Waals surface area contributed by atoms with E-state index >= 15 is 0 Å². The molecule has 0 radical (unpaired) electrons. The molecule has 2 heteroatoms. The van der Waals surface area contributed by atoms with E-state index in [1.54, 1.807) is 0 Å². The van der Waals surface area contributed by atoms with Gasteiger partial charge in [-0.3, -0.25) is 0 Å². The highest BCUT2D eigenvalue weighted by atomic mass is 15.2. The largest absolute Gasteiger partial charge is 0.312 e. The van der Waals surface area contributed by atoms with Gasteiger partial charge in [-0.2, -0.15) is 0 Å². The van der Waals surface area contributed by atoms with Crippen molar-refractivity contribution < 1.29 is 0 Å². The summed E-state index contributed by atoms with van der Waals surface area (Å²) in [7, 11) is 4.48. The zero-order chi connectivity index (χ0) is 12.0. The van der Waals surface area contributed by atoms with Gasteiger partial charge in [0.2, 0.25) is 0 Å². The first-order valence-electron chi connectivity index (χ1n) is 7.01. The van der Waals surface area contributed by atoms with Crippen molar-refractivity contribution in [2.45, 2.75) is 70.4 Å². The van der Waals surface area contributed by atoms with Gasteiger partial charge in [-0.25, -0.2) is 0 Å². The van der Waals surface area contributed by atoms with Crippen LogP contribution in [-0.4, -0.2) is 37.1 Å². The lowest BCUT2D eigenvalue weighted by atomic mass is 9.95. The standard InChI is InChI=1S/C14H30N2/c1-5-6-9-13(2)15-12-14(16(3)4)10-7-8-11-14/h13,15H,5-12H2,1-4H3. The average molecular weight is 226 g/mol. The van der Waals surface area contributed by atoms with Crippen LogP contribution in [0.15, 0.2) is 0 Å². The van der Waals surface area contributed by atoms with Crippen LogP contribution in [0.4, 0.5) is 0 Å². The second-order valence-corrected chi connectivity index (χ2v) is 5.75. The van der Waals surface area contributed by atoms with Crippen LogP contribution in [0.3, 0.4) is 0 Å². The fourth-order valence-corrected chi connectivity index (χ4v) is 2.79. The lowest BCUT2D eigenvalue weighted by molar-refractivity contribution is 0.149. The van der Waals surface area contributed by atoms with E-state index in [2.05, 4.69) is 38.2 Å². The molecule has 1 fully saturated rings. The molecule has 96 valence electrons.